The van der Waals surface area contributed by atoms with Gasteiger partial charge < -0.3 is 5.32 Å². The van der Waals surface area contributed by atoms with Crippen LogP contribution in [-0.2, 0) is 0 Å². The second-order valence-corrected chi connectivity index (χ2v) is 4.23. The number of aliphatic imine (C=N–C) groups is 1. The van der Waals surface area contributed by atoms with Crippen molar-refractivity contribution in [3.8, 4) is 0 Å². The Morgan fingerprint density at radius 3 is 2.56 bits per heavy atom. The van der Waals surface area contributed by atoms with Gasteiger partial charge >= 0.3 is 0 Å². The highest BCUT2D eigenvalue weighted by Crippen LogP contribution is 2.02. The normalized spacial score (nSPS) is 20.7. The molecule has 1 saturated heterocycles. The van der Waals surface area contributed by atoms with E-state index in [1.54, 1.807) is 0 Å². The van der Waals surface area contributed by atoms with E-state index in [1.807, 2.05) is 20.1 Å². The summed E-state index contributed by atoms with van der Waals surface area (Å²) in [5.41, 5.74) is 2.45. The van der Waals surface area contributed by atoms with Gasteiger partial charge in [0.25, 0.3) is 0 Å². The maximum Gasteiger partial charge on any atom is 0.0368 e. The fourth-order valence-corrected chi connectivity index (χ4v) is 1.78. The first-order chi connectivity index (χ1) is 7.72. The van der Waals surface area contributed by atoms with Crippen LogP contribution in [0.2, 0.25) is 0 Å². The Morgan fingerprint density at radius 2 is 1.94 bits per heavy atom. The van der Waals surface area contributed by atoms with Crippen molar-refractivity contribution >= 4 is 6.21 Å². The smallest absolute Gasteiger partial charge is 0.0368 e. The van der Waals surface area contributed by atoms with E-state index in [9.17, 15) is 0 Å². The number of piperazine rings is 1. The van der Waals surface area contributed by atoms with E-state index in [1.165, 1.54) is 5.57 Å². The predicted octanol–water partition coefficient (Wildman–Crippen LogP) is 1.83. The molecule has 0 atom stereocenters. The Bertz CT molecular complexity index is 284. The lowest BCUT2D eigenvalue weighted by molar-refractivity contribution is 0.259. The van der Waals surface area contributed by atoms with E-state index in [2.05, 4.69) is 34.3 Å². The van der Waals surface area contributed by atoms with Crippen LogP contribution in [0.1, 0.15) is 20.8 Å². The summed E-state index contributed by atoms with van der Waals surface area (Å²) in [5, 5.41) is 3.36. The summed E-state index contributed by atoms with van der Waals surface area (Å²) >= 11 is 0. The number of nitrogens with one attached hydrogen (secondary N) is 1. The standard InChI is InChI=1S/C13H23N3/c1-4-15-13(3)6-5-12(2)11-16-9-7-14-8-10-16/h4-6,14H,7-11H2,1-3H3/b12-5+,13-6-,15-4?. The van der Waals surface area contributed by atoms with Crippen molar-refractivity contribution in [2.45, 2.75) is 20.8 Å². The van der Waals surface area contributed by atoms with E-state index >= 15 is 0 Å². The molecule has 3 heteroatoms. The van der Waals surface area contributed by atoms with Crippen molar-refractivity contribution < 1.29 is 0 Å². The summed E-state index contributed by atoms with van der Waals surface area (Å²) in [4.78, 5) is 6.69. The number of hydrogen-bond acceptors (Lipinski definition) is 3. The van der Waals surface area contributed by atoms with Gasteiger partial charge in [0.2, 0.25) is 0 Å². The highest BCUT2D eigenvalue weighted by Gasteiger charge is 2.08. The number of hydrogen-bond donors (Lipinski definition) is 1. The molecule has 1 aliphatic rings. The van der Waals surface area contributed by atoms with Crippen molar-refractivity contribution in [2.24, 2.45) is 4.99 Å². The van der Waals surface area contributed by atoms with Crippen LogP contribution < -0.4 is 5.32 Å². The van der Waals surface area contributed by atoms with Crippen LogP contribution in [0.3, 0.4) is 0 Å². The number of allylic oxidation sites excluding steroid dienone is 3. The molecule has 0 aromatic carbocycles. The molecule has 0 spiro atoms. The molecule has 0 aromatic rings. The third kappa shape index (κ3) is 5.24. The first-order valence-corrected chi connectivity index (χ1v) is 5.98. The molecule has 1 rings (SSSR count). The van der Waals surface area contributed by atoms with Gasteiger partial charge in [-0.25, -0.2) is 0 Å². The molecule has 0 aromatic heterocycles. The van der Waals surface area contributed by atoms with Crippen LogP contribution >= 0.6 is 0 Å². The molecule has 1 aliphatic heterocycles. The monoisotopic (exact) mass is 221 g/mol. The summed E-state index contributed by atoms with van der Waals surface area (Å²) in [6.07, 6.45) is 6.08. The second kappa shape index (κ2) is 7.36. The van der Waals surface area contributed by atoms with Gasteiger partial charge in [-0.1, -0.05) is 11.6 Å². The maximum atomic E-state index is 4.21. The molecule has 0 bridgehead atoms. The fourth-order valence-electron chi connectivity index (χ4n) is 1.78. The van der Waals surface area contributed by atoms with Crippen molar-refractivity contribution in [2.75, 3.05) is 32.7 Å². The van der Waals surface area contributed by atoms with Crippen LogP contribution in [0.4, 0.5) is 0 Å². The minimum atomic E-state index is 1.06. The lowest BCUT2D eigenvalue weighted by Gasteiger charge is -2.27. The van der Waals surface area contributed by atoms with Gasteiger partial charge in [-0.2, -0.15) is 0 Å². The first-order valence-electron chi connectivity index (χ1n) is 5.98. The molecular formula is C13H23N3. The Hall–Kier alpha value is -0.930. The van der Waals surface area contributed by atoms with Crippen LogP contribution in [0.15, 0.2) is 28.4 Å². The Labute approximate surface area is 98.9 Å². The maximum absolute atomic E-state index is 4.21. The zero-order valence-electron chi connectivity index (χ0n) is 10.7. The molecule has 0 unspecified atom stereocenters. The van der Waals surface area contributed by atoms with E-state index in [-0.39, 0.29) is 0 Å². The first kappa shape index (κ1) is 13.1. The van der Waals surface area contributed by atoms with Crippen LogP contribution in [0.25, 0.3) is 0 Å². The molecule has 90 valence electrons. The molecule has 1 N–H and O–H groups in total. The summed E-state index contributed by atoms with van der Waals surface area (Å²) < 4.78 is 0. The Morgan fingerprint density at radius 1 is 1.25 bits per heavy atom. The Balaban J connectivity index is 2.40. The zero-order chi connectivity index (χ0) is 11.8. The van der Waals surface area contributed by atoms with Gasteiger partial charge in [0.05, 0.1) is 0 Å². The van der Waals surface area contributed by atoms with Gasteiger partial charge in [-0.05, 0) is 26.8 Å². The predicted molar refractivity (Wildman–Crippen MR) is 71.0 cm³/mol. The third-order valence-electron chi connectivity index (χ3n) is 2.62. The molecule has 0 aliphatic carbocycles. The summed E-state index contributed by atoms with van der Waals surface area (Å²) in [6, 6.07) is 0. The van der Waals surface area contributed by atoms with Crippen LogP contribution in [0.5, 0.6) is 0 Å². The quantitative estimate of drug-likeness (QED) is 0.579. The molecule has 1 heterocycles. The van der Waals surface area contributed by atoms with E-state index in [0.717, 1.165) is 38.4 Å². The highest BCUT2D eigenvalue weighted by molar-refractivity contribution is 5.55. The topological polar surface area (TPSA) is 27.6 Å². The summed E-state index contributed by atoms with van der Waals surface area (Å²) in [7, 11) is 0. The molecule has 16 heavy (non-hydrogen) atoms. The molecular weight excluding hydrogens is 198 g/mol. The summed E-state index contributed by atoms with van der Waals surface area (Å²) in [5.74, 6) is 0. The number of nitrogens with zero attached hydrogens (tertiary/aromatic N) is 2. The van der Waals surface area contributed by atoms with Crippen molar-refractivity contribution in [3.63, 3.8) is 0 Å². The minimum absolute atomic E-state index is 1.06. The average Bonchev–Trinajstić information content (AvgIpc) is 2.28. The second-order valence-electron chi connectivity index (χ2n) is 4.23. The van der Waals surface area contributed by atoms with Gasteiger partial charge in [-0.3, -0.25) is 9.89 Å². The van der Waals surface area contributed by atoms with Gasteiger partial charge in [0, 0.05) is 44.6 Å². The van der Waals surface area contributed by atoms with Crippen molar-refractivity contribution in [1.82, 2.24) is 10.2 Å². The third-order valence-corrected chi connectivity index (χ3v) is 2.62. The van der Waals surface area contributed by atoms with Crippen LogP contribution in [0, 0.1) is 0 Å². The minimum Gasteiger partial charge on any atom is -0.314 e. The number of rotatable bonds is 4. The van der Waals surface area contributed by atoms with Gasteiger partial charge in [0.1, 0.15) is 0 Å². The van der Waals surface area contributed by atoms with Gasteiger partial charge in [-0.15, -0.1) is 0 Å². The SMILES string of the molecule is CC=N/C(C)=C\C=C(/C)CN1CCNCC1. The lowest BCUT2D eigenvalue weighted by atomic mass is 10.2. The van der Waals surface area contributed by atoms with Crippen LogP contribution in [-0.4, -0.2) is 43.8 Å². The molecule has 0 radical (unpaired) electrons. The highest BCUT2D eigenvalue weighted by atomic mass is 15.2. The lowest BCUT2D eigenvalue weighted by Crippen LogP contribution is -2.43. The van der Waals surface area contributed by atoms with Gasteiger partial charge in [0.15, 0.2) is 0 Å². The van der Waals surface area contributed by atoms with Crippen molar-refractivity contribution in [1.29, 1.82) is 0 Å². The van der Waals surface area contributed by atoms with E-state index in [4.69, 9.17) is 0 Å². The van der Waals surface area contributed by atoms with E-state index in [0.29, 0.717) is 0 Å². The fraction of sp³-hybridized carbons (Fsp3) is 0.615. The zero-order valence-corrected chi connectivity index (χ0v) is 10.7. The molecule has 3 nitrogen and oxygen atoms in total. The molecule has 1 fully saturated rings. The molecule has 0 amide bonds. The van der Waals surface area contributed by atoms with E-state index < -0.39 is 0 Å². The average molecular weight is 221 g/mol. The summed E-state index contributed by atoms with van der Waals surface area (Å²) in [6.45, 7) is 11.7. The largest absolute Gasteiger partial charge is 0.314 e. The Kier molecular flexibility index (Phi) is 6.04. The van der Waals surface area contributed by atoms with Crippen molar-refractivity contribution in [3.05, 3.63) is 23.4 Å². The molecule has 0 saturated carbocycles.